The van der Waals surface area contributed by atoms with Gasteiger partial charge in [-0.1, -0.05) is 30.3 Å². The quantitative estimate of drug-likeness (QED) is 0.779. The molecule has 0 spiro atoms. The molecule has 1 N–H and O–H groups in total. The van der Waals surface area contributed by atoms with Crippen molar-refractivity contribution >= 4 is 5.91 Å². The third kappa shape index (κ3) is 5.48. The highest BCUT2D eigenvalue weighted by atomic mass is 16.5. The van der Waals surface area contributed by atoms with Crippen LogP contribution >= 0.6 is 0 Å². The Labute approximate surface area is 127 Å². The number of amides is 1. The Hall–Kier alpha value is -1.39. The molecule has 21 heavy (non-hydrogen) atoms. The van der Waals surface area contributed by atoms with E-state index in [-0.39, 0.29) is 5.91 Å². The molecule has 4 nitrogen and oxygen atoms in total. The van der Waals surface area contributed by atoms with E-state index in [0.717, 1.165) is 39.1 Å². The van der Waals surface area contributed by atoms with E-state index in [1.54, 1.807) is 0 Å². The second kappa shape index (κ2) is 8.80. The van der Waals surface area contributed by atoms with E-state index in [1.165, 1.54) is 5.56 Å². The molecule has 2 rings (SSSR count). The molecule has 0 aliphatic carbocycles. The van der Waals surface area contributed by atoms with Crippen molar-refractivity contribution in [1.29, 1.82) is 0 Å². The van der Waals surface area contributed by atoms with Crippen molar-refractivity contribution in [2.45, 2.75) is 32.2 Å². The van der Waals surface area contributed by atoms with E-state index in [9.17, 15) is 4.79 Å². The molecule has 1 fully saturated rings. The number of benzene rings is 1. The molecule has 1 atom stereocenters. The van der Waals surface area contributed by atoms with Crippen LogP contribution in [-0.4, -0.2) is 49.7 Å². The lowest BCUT2D eigenvalue weighted by Crippen LogP contribution is -2.52. The Kier molecular flexibility index (Phi) is 6.70. The van der Waals surface area contributed by atoms with Gasteiger partial charge in [0, 0.05) is 38.7 Å². The summed E-state index contributed by atoms with van der Waals surface area (Å²) in [5, 5.41) is 3.30. The van der Waals surface area contributed by atoms with Gasteiger partial charge in [-0.3, -0.25) is 4.79 Å². The minimum Gasteiger partial charge on any atom is -0.381 e. The van der Waals surface area contributed by atoms with Crippen LogP contribution in [0.5, 0.6) is 0 Å². The molecular formula is C17H26N2O2. The van der Waals surface area contributed by atoms with Gasteiger partial charge in [0.25, 0.3) is 0 Å². The number of hydrogen-bond donors (Lipinski definition) is 1. The highest BCUT2D eigenvalue weighted by Crippen LogP contribution is 2.07. The first-order chi connectivity index (χ1) is 10.3. The van der Waals surface area contributed by atoms with Crippen LogP contribution in [0.15, 0.2) is 30.3 Å². The predicted molar refractivity (Wildman–Crippen MR) is 84.2 cm³/mol. The molecule has 1 aliphatic rings. The third-order valence-corrected chi connectivity index (χ3v) is 3.88. The standard InChI is InChI=1S/C17H26N2O2/c1-15-14-18-10-11-19(15)17(20)8-5-12-21-13-9-16-6-3-2-4-7-16/h2-4,6-7,15,18H,5,8-14H2,1H3. The number of piperazine rings is 1. The lowest BCUT2D eigenvalue weighted by atomic mass is 10.2. The molecule has 1 amide bonds. The summed E-state index contributed by atoms with van der Waals surface area (Å²) in [6.07, 6.45) is 2.34. The zero-order valence-corrected chi connectivity index (χ0v) is 12.9. The Morgan fingerprint density at radius 2 is 2.14 bits per heavy atom. The summed E-state index contributed by atoms with van der Waals surface area (Å²) < 4.78 is 5.62. The number of carbonyl (C=O) groups is 1. The summed E-state index contributed by atoms with van der Waals surface area (Å²) in [4.78, 5) is 14.1. The van der Waals surface area contributed by atoms with Gasteiger partial charge < -0.3 is 15.0 Å². The van der Waals surface area contributed by atoms with E-state index in [2.05, 4.69) is 24.4 Å². The van der Waals surface area contributed by atoms with E-state index in [0.29, 0.717) is 19.1 Å². The van der Waals surface area contributed by atoms with E-state index in [4.69, 9.17) is 4.74 Å². The van der Waals surface area contributed by atoms with Gasteiger partial charge in [0.15, 0.2) is 0 Å². The zero-order valence-electron chi connectivity index (χ0n) is 12.9. The van der Waals surface area contributed by atoms with Crippen molar-refractivity contribution in [3.05, 3.63) is 35.9 Å². The summed E-state index contributed by atoms with van der Waals surface area (Å²) in [6, 6.07) is 10.6. The first kappa shape index (κ1) is 16.0. The van der Waals surface area contributed by atoms with Crippen LogP contribution in [0.25, 0.3) is 0 Å². The number of nitrogens with zero attached hydrogens (tertiary/aromatic N) is 1. The molecule has 1 aromatic carbocycles. The Morgan fingerprint density at radius 3 is 2.90 bits per heavy atom. The second-order valence-corrected chi connectivity index (χ2v) is 5.59. The smallest absolute Gasteiger partial charge is 0.222 e. The lowest BCUT2D eigenvalue weighted by molar-refractivity contribution is -0.134. The maximum absolute atomic E-state index is 12.1. The fourth-order valence-electron chi connectivity index (χ4n) is 2.62. The molecule has 0 radical (unpaired) electrons. The summed E-state index contributed by atoms with van der Waals surface area (Å²) in [5.41, 5.74) is 1.29. The summed E-state index contributed by atoms with van der Waals surface area (Å²) in [6.45, 7) is 6.12. The second-order valence-electron chi connectivity index (χ2n) is 5.59. The SMILES string of the molecule is CC1CNCCN1C(=O)CCCOCCc1ccccc1. The van der Waals surface area contributed by atoms with Gasteiger partial charge >= 0.3 is 0 Å². The monoisotopic (exact) mass is 290 g/mol. The van der Waals surface area contributed by atoms with Crippen molar-refractivity contribution in [2.75, 3.05) is 32.8 Å². The van der Waals surface area contributed by atoms with Crippen LogP contribution in [0.2, 0.25) is 0 Å². The number of nitrogens with one attached hydrogen (secondary N) is 1. The maximum Gasteiger partial charge on any atom is 0.222 e. The van der Waals surface area contributed by atoms with Crippen molar-refractivity contribution in [3.8, 4) is 0 Å². The Bertz CT molecular complexity index is 422. The average molecular weight is 290 g/mol. The highest BCUT2D eigenvalue weighted by molar-refractivity contribution is 5.76. The first-order valence-corrected chi connectivity index (χ1v) is 7.89. The largest absolute Gasteiger partial charge is 0.381 e. The van der Waals surface area contributed by atoms with Crippen molar-refractivity contribution in [3.63, 3.8) is 0 Å². The van der Waals surface area contributed by atoms with Crippen molar-refractivity contribution in [1.82, 2.24) is 10.2 Å². The van der Waals surface area contributed by atoms with Crippen LogP contribution in [0.1, 0.15) is 25.3 Å². The number of hydrogen-bond acceptors (Lipinski definition) is 3. The van der Waals surface area contributed by atoms with Crippen LogP contribution < -0.4 is 5.32 Å². The highest BCUT2D eigenvalue weighted by Gasteiger charge is 2.21. The van der Waals surface area contributed by atoms with Crippen molar-refractivity contribution < 1.29 is 9.53 Å². The van der Waals surface area contributed by atoms with Crippen LogP contribution in [0.4, 0.5) is 0 Å². The molecule has 1 aromatic rings. The van der Waals surface area contributed by atoms with Crippen LogP contribution in [0.3, 0.4) is 0 Å². The lowest BCUT2D eigenvalue weighted by Gasteiger charge is -2.34. The Balaban J connectivity index is 1.54. The average Bonchev–Trinajstić information content (AvgIpc) is 2.52. The molecule has 1 unspecified atom stereocenters. The Morgan fingerprint density at radius 1 is 1.33 bits per heavy atom. The molecule has 4 heteroatoms. The van der Waals surface area contributed by atoms with Crippen LogP contribution in [0, 0.1) is 0 Å². The third-order valence-electron chi connectivity index (χ3n) is 3.88. The molecule has 0 bridgehead atoms. The maximum atomic E-state index is 12.1. The van der Waals surface area contributed by atoms with Gasteiger partial charge in [0.1, 0.15) is 0 Å². The fraction of sp³-hybridized carbons (Fsp3) is 0.588. The molecule has 0 aromatic heterocycles. The molecule has 0 saturated carbocycles. The number of rotatable bonds is 7. The van der Waals surface area contributed by atoms with E-state index in [1.807, 2.05) is 23.1 Å². The van der Waals surface area contributed by atoms with Crippen LogP contribution in [-0.2, 0) is 16.0 Å². The van der Waals surface area contributed by atoms with Gasteiger partial charge in [-0.05, 0) is 25.3 Å². The summed E-state index contributed by atoms with van der Waals surface area (Å²) in [5.74, 6) is 0.260. The normalized spacial score (nSPS) is 18.7. The van der Waals surface area contributed by atoms with Gasteiger partial charge in [-0.2, -0.15) is 0 Å². The number of carbonyl (C=O) groups excluding carboxylic acids is 1. The zero-order chi connectivity index (χ0) is 14.9. The summed E-state index contributed by atoms with van der Waals surface area (Å²) >= 11 is 0. The fourth-order valence-corrected chi connectivity index (χ4v) is 2.62. The first-order valence-electron chi connectivity index (χ1n) is 7.89. The van der Waals surface area contributed by atoms with Gasteiger partial charge in [0.05, 0.1) is 6.61 Å². The molecule has 116 valence electrons. The minimum absolute atomic E-state index is 0.260. The predicted octanol–water partition coefficient (Wildman–Crippen LogP) is 1.85. The minimum atomic E-state index is 0.260. The summed E-state index contributed by atoms with van der Waals surface area (Å²) in [7, 11) is 0. The van der Waals surface area contributed by atoms with E-state index < -0.39 is 0 Å². The van der Waals surface area contributed by atoms with Gasteiger partial charge in [0.2, 0.25) is 5.91 Å². The number of ether oxygens (including phenoxy) is 1. The van der Waals surface area contributed by atoms with E-state index >= 15 is 0 Å². The van der Waals surface area contributed by atoms with Gasteiger partial charge in [-0.15, -0.1) is 0 Å². The molecular weight excluding hydrogens is 264 g/mol. The van der Waals surface area contributed by atoms with Gasteiger partial charge in [-0.25, -0.2) is 0 Å². The molecule has 1 saturated heterocycles. The molecule has 1 heterocycles. The topological polar surface area (TPSA) is 41.6 Å². The van der Waals surface area contributed by atoms with Crippen molar-refractivity contribution in [2.24, 2.45) is 0 Å². The molecule has 1 aliphatic heterocycles.